The second kappa shape index (κ2) is 30.5. The first-order valence-electron chi connectivity index (χ1n) is 15.6. The Morgan fingerprint density at radius 3 is 1.20 bits per heavy atom. The summed E-state index contributed by atoms with van der Waals surface area (Å²) in [4.78, 5) is 5.56. The first kappa shape index (κ1) is 52.3. The molecule has 252 valence electrons. The maximum absolute atomic E-state index is 4.01. The van der Waals surface area contributed by atoms with Gasteiger partial charge in [-0.1, -0.05) is 92.4 Å². The summed E-state index contributed by atoms with van der Waals surface area (Å²) in [5.74, 6) is 0. The van der Waals surface area contributed by atoms with E-state index in [1.807, 2.05) is 0 Å². The number of halogens is 4. The Labute approximate surface area is 313 Å². The van der Waals surface area contributed by atoms with Crippen molar-refractivity contribution in [1.29, 1.82) is 0 Å². The third kappa shape index (κ3) is 16.9. The molecule has 0 aromatic heterocycles. The van der Waals surface area contributed by atoms with Crippen LogP contribution in [0.15, 0.2) is 0 Å². The molecule has 4 nitrogen and oxygen atoms in total. The molecule has 2 radical (unpaired) electrons. The zero-order valence-corrected chi connectivity index (χ0v) is 34.4. The van der Waals surface area contributed by atoms with E-state index in [2.05, 4.69) is 55.1 Å². The van der Waals surface area contributed by atoms with E-state index < -0.39 is 0 Å². The summed E-state index contributed by atoms with van der Waals surface area (Å²) in [5, 5.41) is 8.02. The molecule has 2 fully saturated rings. The molecule has 2 N–H and O–H groups in total. The maximum Gasteiger partial charge on any atom is 2.00 e. The van der Waals surface area contributed by atoms with Crippen molar-refractivity contribution < 1.29 is 102 Å². The van der Waals surface area contributed by atoms with Gasteiger partial charge >= 0.3 is 34.1 Å². The van der Waals surface area contributed by atoms with Crippen LogP contribution in [0.5, 0.6) is 0 Å². The van der Waals surface area contributed by atoms with Crippen LogP contribution in [0, 0.1) is 0 Å². The van der Waals surface area contributed by atoms with Crippen molar-refractivity contribution >= 4 is 0 Å². The van der Waals surface area contributed by atoms with Crippen molar-refractivity contribution in [3.63, 3.8) is 0 Å². The van der Waals surface area contributed by atoms with Gasteiger partial charge in [-0.05, 0) is 84.2 Å². The van der Waals surface area contributed by atoms with E-state index in [0.717, 1.165) is 13.1 Å². The fourth-order valence-corrected chi connectivity index (χ4v) is 7.49. The molecule has 0 atom stereocenters. The molecule has 0 bridgehead atoms. The second-order valence-corrected chi connectivity index (χ2v) is 11.4. The monoisotopic (exact) mass is 924 g/mol. The smallest absolute Gasteiger partial charge is 1.00 e. The van der Waals surface area contributed by atoms with Crippen LogP contribution in [0.25, 0.3) is 0 Å². The quantitative estimate of drug-likeness (QED) is 0.0821. The van der Waals surface area contributed by atoms with E-state index in [-0.39, 0.29) is 102 Å². The van der Waals surface area contributed by atoms with Crippen LogP contribution in [-0.2, 0) is 34.1 Å². The van der Waals surface area contributed by atoms with Crippen molar-refractivity contribution in [3.05, 3.63) is 0 Å². The van der Waals surface area contributed by atoms with Crippen LogP contribution >= 0.6 is 0 Å². The molecule has 10 heteroatoms. The Bertz CT molecular complexity index is 478. The Morgan fingerprint density at radius 2 is 0.900 bits per heavy atom. The Balaban J connectivity index is -0.000000681. The van der Waals surface area contributed by atoms with Crippen molar-refractivity contribution in [1.82, 2.24) is 20.4 Å². The molecule has 0 unspecified atom stereocenters. The SMILES string of the molecule is CCCCCC(NCCC1([16N](CC)CC)CCCCC1)NCCC1([16N](CC)CC)CCCCC1.[Br-].[Br-].[Br-].[Br-].[Cu+2].[Cu+2]. The minimum absolute atomic E-state index is 0. The zero-order valence-electron chi connectivity index (χ0n) is 26.1. The molecule has 2 rings (SSSR count). The molecule has 0 aromatic carbocycles. The minimum atomic E-state index is 0. The molecule has 2 aliphatic carbocycles. The average molecular weight is 930 g/mol. The third-order valence-corrected chi connectivity index (χ3v) is 9.50. The molecule has 0 aliphatic heterocycles. The standard InChI is InChI=1S/C30H62N4.4BrH.2Cu/c1-6-11-14-19-28(31-26-24-29(33(7-2)8-3)20-15-12-16-21-29)32-27-25-30(34(9-4)10-5)22-17-13-18-23-30;;;;;;/h28,31-32H,6-27H2,1-5H3;4*1H;;/q;;;;;2*+2/p-4/i33+2,34+2;;;;;;. The number of hydrogen-bond acceptors (Lipinski definition) is 4. The fraction of sp³-hybridized carbons (Fsp3) is 1.00. The molecule has 0 heterocycles. The first-order chi connectivity index (χ1) is 16.6. The van der Waals surface area contributed by atoms with Gasteiger partial charge in [0, 0.05) is 11.1 Å². The minimum Gasteiger partial charge on any atom is -1.00 e. The molecule has 0 spiro atoms. The molecule has 40 heavy (non-hydrogen) atoms. The molecular formula is C30H62Br4Cu2N4. The van der Waals surface area contributed by atoms with Gasteiger partial charge in [0.15, 0.2) is 0 Å². The van der Waals surface area contributed by atoms with Gasteiger partial charge in [-0.2, -0.15) is 0 Å². The number of hydrogen-bond donors (Lipinski definition) is 2. The topological polar surface area (TPSA) is 30.5 Å². The fourth-order valence-electron chi connectivity index (χ4n) is 7.49. The molecule has 0 saturated heterocycles. The van der Waals surface area contributed by atoms with Gasteiger partial charge < -0.3 is 78.6 Å². The number of nitrogens with one attached hydrogen (secondary N) is 2. The molecule has 2 saturated carbocycles. The molecular weight excluding hydrogens is 867 g/mol. The summed E-state index contributed by atoms with van der Waals surface area (Å²) in [6, 6.07) is 0. The summed E-state index contributed by atoms with van der Waals surface area (Å²) in [6.07, 6.45) is 22.5. The van der Waals surface area contributed by atoms with Crippen molar-refractivity contribution in [2.24, 2.45) is 0 Å². The largest absolute Gasteiger partial charge is 2.00 e. The van der Waals surface area contributed by atoms with E-state index in [4.69, 9.17) is 0 Å². The van der Waals surface area contributed by atoms with Gasteiger partial charge in [0.2, 0.25) is 0 Å². The van der Waals surface area contributed by atoms with Crippen LogP contribution < -0.4 is 78.6 Å². The van der Waals surface area contributed by atoms with Gasteiger partial charge in [-0.3, -0.25) is 9.80 Å². The number of unbranched alkanes of at least 4 members (excludes halogenated alkanes) is 2. The number of rotatable bonds is 18. The average Bonchev–Trinajstić information content (AvgIpc) is 2.86. The van der Waals surface area contributed by atoms with Gasteiger partial charge in [0.05, 0.1) is 6.17 Å². The van der Waals surface area contributed by atoms with Crippen molar-refractivity contribution in [2.75, 3.05) is 39.3 Å². The van der Waals surface area contributed by atoms with E-state index in [9.17, 15) is 0 Å². The summed E-state index contributed by atoms with van der Waals surface area (Å²) in [6.45, 7) is 18.9. The first-order valence-corrected chi connectivity index (χ1v) is 15.6. The summed E-state index contributed by atoms with van der Waals surface area (Å²) in [7, 11) is 0. The summed E-state index contributed by atoms with van der Waals surface area (Å²) in [5.41, 5.74) is 0.884. The molecule has 0 aromatic rings. The van der Waals surface area contributed by atoms with Crippen LogP contribution in [0.4, 0.5) is 0 Å². The van der Waals surface area contributed by atoms with Crippen LogP contribution in [0.1, 0.15) is 137 Å². The predicted octanol–water partition coefficient (Wildman–Crippen LogP) is -5.05. The number of nitrogens with zero attached hydrogens (tertiary/aromatic N) is 2. The van der Waals surface area contributed by atoms with Crippen LogP contribution in [0.2, 0.25) is 0 Å². The Hall–Kier alpha value is 2.80. The van der Waals surface area contributed by atoms with Crippen LogP contribution in [-0.4, -0.2) is 66.3 Å². The van der Waals surface area contributed by atoms with Gasteiger partial charge in [0.25, 0.3) is 0 Å². The molecule has 0 amide bonds. The second-order valence-electron chi connectivity index (χ2n) is 11.4. The predicted molar refractivity (Wildman–Crippen MR) is 151 cm³/mol. The third-order valence-electron chi connectivity index (χ3n) is 9.50. The normalized spacial score (nSPS) is 17.4. The zero-order chi connectivity index (χ0) is 24.7. The Kier molecular flexibility index (Phi) is 39.8. The summed E-state index contributed by atoms with van der Waals surface area (Å²) >= 11 is 0. The Morgan fingerprint density at radius 1 is 0.550 bits per heavy atom. The molecule has 2 aliphatic rings. The van der Waals surface area contributed by atoms with E-state index >= 15 is 0 Å². The van der Waals surface area contributed by atoms with Crippen LogP contribution in [0.3, 0.4) is 0 Å². The van der Waals surface area contributed by atoms with Crippen molar-refractivity contribution in [3.8, 4) is 0 Å². The van der Waals surface area contributed by atoms with Crippen molar-refractivity contribution in [2.45, 2.75) is 155 Å². The summed E-state index contributed by atoms with van der Waals surface area (Å²) < 4.78 is 0. The van der Waals surface area contributed by atoms with E-state index in [0.29, 0.717) is 17.2 Å². The van der Waals surface area contributed by atoms with E-state index in [1.165, 1.54) is 129 Å². The van der Waals surface area contributed by atoms with Gasteiger partial charge in [-0.15, -0.1) is 0 Å². The van der Waals surface area contributed by atoms with E-state index in [1.54, 1.807) is 0 Å². The maximum atomic E-state index is 4.01. The van der Waals surface area contributed by atoms with Gasteiger partial charge in [0.1, 0.15) is 0 Å². The van der Waals surface area contributed by atoms with Gasteiger partial charge in [-0.25, -0.2) is 0 Å².